The van der Waals surface area contributed by atoms with E-state index >= 15 is 0 Å². The lowest BCUT2D eigenvalue weighted by Gasteiger charge is -2.15. The quantitative estimate of drug-likeness (QED) is 0.619. The molecule has 0 bridgehead atoms. The summed E-state index contributed by atoms with van der Waals surface area (Å²) >= 11 is 1.41. The average molecular weight is 396 g/mol. The molecule has 0 amide bonds. The molecule has 6 nitrogen and oxygen atoms in total. The Morgan fingerprint density at radius 2 is 2.29 bits per heavy atom. The van der Waals surface area contributed by atoms with Crippen LogP contribution in [0.2, 0.25) is 0 Å². The third kappa shape index (κ3) is 4.00. The number of thiophene rings is 1. The lowest BCUT2D eigenvalue weighted by atomic mass is 10.1. The van der Waals surface area contributed by atoms with Crippen molar-refractivity contribution in [1.82, 2.24) is 9.97 Å². The smallest absolute Gasteiger partial charge is 0.208 e. The molecule has 1 aliphatic rings. The highest BCUT2D eigenvalue weighted by Gasteiger charge is 2.31. The Morgan fingerprint density at radius 3 is 3.00 bits per heavy atom. The van der Waals surface area contributed by atoms with Crippen molar-refractivity contribution in [2.75, 3.05) is 5.32 Å². The summed E-state index contributed by atoms with van der Waals surface area (Å²) in [7, 11) is 0. The van der Waals surface area contributed by atoms with Crippen LogP contribution in [0.15, 0.2) is 40.5 Å². The second-order valence-corrected chi connectivity index (χ2v) is 8.17. The Labute approximate surface area is 167 Å². The van der Waals surface area contributed by atoms with Gasteiger partial charge >= 0.3 is 0 Å². The van der Waals surface area contributed by atoms with Crippen molar-refractivity contribution < 1.29 is 14.3 Å². The number of anilines is 1. The van der Waals surface area contributed by atoms with E-state index in [1.165, 1.54) is 17.7 Å². The Bertz CT molecular complexity index is 971. The van der Waals surface area contributed by atoms with E-state index in [1.807, 2.05) is 30.5 Å². The summed E-state index contributed by atoms with van der Waals surface area (Å²) < 4.78 is 5.62. The number of carbonyl (C=O) groups excluding carboxylic acids is 1. The first kappa shape index (κ1) is 18.8. The van der Waals surface area contributed by atoms with E-state index in [0.29, 0.717) is 29.1 Å². The number of rotatable bonds is 6. The van der Waals surface area contributed by atoms with E-state index in [2.05, 4.69) is 22.2 Å². The maximum atomic E-state index is 13.0. The first-order chi connectivity index (χ1) is 13.5. The van der Waals surface area contributed by atoms with Crippen LogP contribution in [0.4, 0.5) is 5.82 Å². The second-order valence-electron chi connectivity index (χ2n) is 7.26. The predicted molar refractivity (Wildman–Crippen MR) is 108 cm³/mol. The maximum Gasteiger partial charge on any atom is 0.208 e. The number of furan rings is 1. The van der Waals surface area contributed by atoms with Crippen molar-refractivity contribution in [3.05, 3.63) is 70.6 Å². The van der Waals surface area contributed by atoms with E-state index < -0.39 is 6.10 Å². The Hall–Kier alpha value is -2.51. The third-order valence-corrected chi connectivity index (χ3v) is 5.98. The van der Waals surface area contributed by atoms with Gasteiger partial charge in [0.15, 0.2) is 0 Å². The molecule has 2 N–H and O–H groups in total. The number of aliphatic hydroxyl groups is 1. The van der Waals surface area contributed by atoms with Gasteiger partial charge in [0.05, 0.1) is 16.5 Å². The molecule has 1 fully saturated rings. The molecular formula is C21H22N3O3S. The first-order valence-corrected chi connectivity index (χ1v) is 10.1. The number of nitrogens with one attached hydrogen (secondary N) is 1. The molecule has 0 saturated heterocycles. The van der Waals surface area contributed by atoms with Gasteiger partial charge in [0, 0.05) is 18.7 Å². The van der Waals surface area contributed by atoms with Crippen molar-refractivity contribution in [3.8, 4) is 0 Å². The number of carbonyl (C=O) groups is 1. The van der Waals surface area contributed by atoms with Crippen LogP contribution in [-0.4, -0.2) is 33.0 Å². The number of aromatic nitrogens is 2. The number of hydrogen-bond acceptors (Lipinski definition) is 7. The monoisotopic (exact) mass is 396 g/mol. The summed E-state index contributed by atoms with van der Waals surface area (Å²) in [5.41, 5.74) is 1.47. The number of aliphatic hydroxyl groups excluding tert-OH is 1. The largest absolute Gasteiger partial charge is 0.466 e. The van der Waals surface area contributed by atoms with Crippen LogP contribution >= 0.6 is 11.3 Å². The highest BCUT2D eigenvalue weighted by atomic mass is 32.1. The molecule has 7 heteroatoms. The zero-order valence-electron chi connectivity index (χ0n) is 15.6. The molecular weight excluding hydrogens is 374 g/mol. The lowest BCUT2D eigenvalue weighted by molar-refractivity contribution is 0.104. The van der Waals surface area contributed by atoms with Gasteiger partial charge in [-0.1, -0.05) is 0 Å². The fraction of sp³-hybridized carbons (Fsp3) is 0.333. The summed E-state index contributed by atoms with van der Waals surface area (Å²) in [5.74, 6) is 2.13. The van der Waals surface area contributed by atoms with Crippen molar-refractivity contribution in [1.29, 1.82) is 0 Å². The summed E-state index contributed by atoms with van der Waals surface area (Å²) in [4.78, 5) is 22.0. The van der Waals surface area contributed by atoms with Crippen LogP contribution in [0, 0.1) is 19.8 Å². The molecule has 4 rings (SSSR count). The van der Waals surface area contributed by atoms with Gasteiger partial charge < -0.3 is 14.8 Å². The predicted octanol–water partition coefficient (Wildman–Crippen LogP) is 3.65. The van der Waals surface area contributed by atoms with Gasteiger partial charge in [-0.15, -0.1) is 11.3 Å². The van der Waals surface area contributed by atoms with Gasteiger partial charge in [-0.3, -0.25) is 4.79 Å². The molecule has 0 spiro atoms. The van der Waals surface area contributed by atoms with Gasteiger partial charge in [-0.2, -0.15) is 0 Å². The van der Waals surface area contributed by atoms with E-state index in [4.69, 9.17) is 4.42 Å². The maximum absolute atomic E-state index is 13.0. The van der Waals surface area contributed by atoms with Crippen molar-refractivity contribution in [2.24, 2.45) is 5.92 Å². The van der Waals surface area contributed by atoms with Gasteiger partial charge in [0.1, 0.15) is 23.7 Å². The van der Waals surface area contributed by atoms with E-state index in [1.54, 1.807) is 6.20 Å². The second kappa shape index (κ2) is 7.85. The Kier molecular flexibility index (Phi) is 5.28. The highest BCUT2D eigenvalue weighted by Crippen LogP contribution is 2.29. The number of ketones is 1. The van der Waals surface area contributed by atoms with Gasteiger partial charge in [0.2, 0.25) is 5.78 Å². The standard InChI is InChI=1S/C21H22N3O3S/c1-12-5-15(8-18(12)25)24-21-17(9-22-11-23-21)20(26)19-7-14(10-28-19)6-16-4-3-13(2)27-16/h3-4,7,9-12,15,18,25H,1,5-6,8H2,2H3,(H,22,23,24)/t12-,15-,18+/m1/s1. The minimum Gasteiger partial charge on any atom is -0.466 e. The van der Waals surface area contributed by atoms with Crippen LogP contribution in [0.1, 0.15) is 45.2 Å². The number of aryl methyl sites for hydroxylation is 1. The van der Waals surface area contributed by atoms with E-state index in [0.717, 1.165) is 23.5 Å². The highest BCUT2D eigenvalue weighted by molar-refractivity contribution is 7.12. The normalized spacial score (nSPS) is 21.8. The molecule has 145 valence electrons. The SMILES string of the molecule is [CH2][C@@H]1C[C@@H](Nc2ncncc2C(=O)c2cc(Cc3ccc(C)o3)cs2)C[C@@H]1O. The molecule has 3 aromatic heterocycles. The average Bonchev–Trinajstić information content (AvgIpc) is 3.37. The van der Waals surface area contributed by atoms with Gasteiger partial charge in [-0.25, -0.2) is 9.97 Å². The zero-order valence-corrected chi connectivity index (χ0v) is 16.4. The molecule has 1 saturated carbocycles. The molecule has 3 heterocycles. The third-order valence-electron chi connectivity index (χ3n) is 5.01. The van der Waals surface area contributed by atoms with Crippen LogP contribution in [0.25, 0.3) is 0 Å². The molecule has 0 aromatic carbocycles. The fourth-order valence-electron chi connectivity index (χ4n) is 3.53. The van der Waals surface area contributed by atoms with Crippen LogP contribution in [0.5, 0.6) is 0 Å². The van der Waals surface area contributed by atoms with Crippen LogP contribution < -0.4 is 5.32 Å². The minimum atomic E-state index is -0.427. The van der Waals surface area contributed by atoms with Gasteiger partial charge in [0.25, 0.3) is 0 Å². The molecule has 0 unspecified atom stereocenters. The topological polar surface area (TPSA) is 88.3 Å². The van der Waals surface area contributed by atoms with Crippen molar-refractivity contribution in [3.63, 3.8) is 0 Å². The van der Waals surface area contributed by atoms with Crippen LogP contribution in [0.3, 0.4) is 0 Å². The Morgan fingerprint density at radius 1 is 1.43 bits per heavy atom. The van der Waals surface area contributed by atoms with Crippen molar-refractivity contribution in [2.45, 2.75) is 38.3 Å². The molecule has 3 aromatic rings. The summed E-state index contributed by atoms with van der Waals surface area (Å²) in [6.07, 6.45) is 4.52. The van der Waals surface area contributed by atoms with Crippen LogP contribution in [-0.2, 0) is 6.42 Å². The molecule has 0 aliphatic heterocycles. The van der Waals surface area contributed by atoms with Crippen molar-refractivity contribution >= 4 is 22.9 Å². The minimum absolute atomic E-state index is 0.0106. The zero-order chi connectivity index (χ0) is 19.7. The molecule has 1 aliphatic carbocycles. The Balaban J connectivity index is 1.51. The summed E-state index contributed by atoms with van der Waals surface area (Å²) in [6.45, 7) is 5.87. The van der Waals surface area contributed by atoms with E-state index in [9.17, 15) is 9.90 Å². The summed E-state index contributed by atoms with van der Waals surface area (Å²) in [5, 5.41) is 15.2. The molecule has 28 heavy (non-hydrogen) atoms. The lowest BCUT2D eigenvalue weighted by Crippen LogP contribution is -2.20. The summed E-state index contributed by atoms with van der Waals surface area (Å²) in [6, 6.07) is 5.82. The van der Waals surface area contributed by atoms with Gasteiger partial charge in [-0.05, 0) is 61.7 Å². The fourth-order valence-corrected chi connectivity index (χ4v) is 4.39. The molecule has 3 atom stereocenters. The number of nitrogens with zero attached hydrogens (tertiary/aromatic N) is 2. The first-order valence-electron chi connectivity index (χ1n) is 9.24. The number of hydrogen-bond donors (Lipinski definition) is 2. The van der Waals surface area contributed by atoms with E-state index in [-0.39, 0.29) is 17.7 Å². The molecule has 1 radical (unpaired) electrons.